The summed E-state index contributed by atoms with van der Waals surface area (Å²) < 4.78 is 12.0. The van der Waals surface area contributed by atoms with E-state index in [1.807, 2.05) is 27.7 Å². The van der Waals surface area contributed by atoms with Gasteiger partial charge in [0.1, 0.15) is 0 Å². The molecule has 0 unspecified atom stereocenters. The van der Waals surface area contributed by atoms with E-state index in [1.54, 1.807) is 6.08 Å². The SMILES string of the molecule is CC(=O)NCC(=Cc1cnc(C(=O)O)nc1)B1OC(C)(C)C(C)(C)O1. The molecular weight excluding hydrogens is 325 g/mol. The second kappa shape index (κ2) is 6.93. The van der Waals surface area contributed by atoms with Gasteiger partial charge in [0.15, 0.2) is 0 Å². The lowest BCUT2D eigenvalue weighted by Gasteiger charge is -2.32. The van der Waals surface area contributed by atoms with Crippen LogP contribution in [0.1, 0.15) is 50.8 Å². The number of carbonyl (C=O) groups excluding carboxylic acids is 1. The molecular formula is C16H22BN3O5. The Morgan fingerprint density at radius 2 is 1.72 bits per heavy atom. The predicted molar refractivity (Wildman–Crippen MR) is 91.7 cm³/mol. The molecule has 1 aromatic rings. The molecule has 25 heavy (non-hydrogen) atoms. The van der Waals surface area contributed by atoms with Gasteiger partial charge >= 0.3 is 13.1 Å². The molecule has 1 aliphatic rings. The zero-order chi connectivity index (χ0) is 18.8. The number of nitrogens with one attached hydrogen (secondary N) is 1. The molecule has 0 aliphatic carbocycles. The topological polar surface area (TPSA) is 111 Å². The van der Waals surface area contributed by atoms with Crippen molar-refractivity contribution in [3.05, 3.63) is 29.3 Å². The number of carboxylic acid groups (broad SMARTS) is 1. The number of rotatable bonds is 5. The van der Waals surface area contributed by atoms with Crippen LogP contribution >= 0.6 is 0 Å². The van der Waals surface area contributed by atoms with Crippen LogP contribution in [0.4, 0.5) is 0 Å². The molecule has 1 saturated heterocycles. The van der Waals surface area contributed by atoms with E-state index >= 15 is 0 Å². The van der Waals surface area contributed by atoms with Gasteiger partial charge in [0, 0.05) is 31.4 Å². The zero-order valence-corrected chi connectivity index (χ0v) is 15.0. The molecule has 1 amide bonds. The summed E-state index contributed by atoms with van der Waals surface area (Å²) >= 11 is 0. The summed E-state index contributed by atoms with van der Waals surface area (Å²) in [5.41, 5.74) is 0.230. The minimum atomic E-state index is -1.19. The van der Waals surface area contributed by atoms with Crippen LogP contribution in [-0.4, -0.2) is 51.8 Å². The molecule has 0 saturated carbocycles. The Labute approximate surface area is 146 Å². The number of amides is 1. The number of aromatic nitrogens is 2. The summed E-state index contributed by atoms with van der Waals surface area (Å²) in [7, 11) is -0.643. The lowest BCUT2D eigenvalue weighted by Crippen LogP contribution is -2.41. The fraction of sp³-hybridized carbons (Fsp3) is 0.500. The van der Waals surface area contributed by atoms with E-state index in [0.717, 1.165) is 0 Å². The summed E-state index contributed by atoms with van der Waals surface area (Å²) in [5, 5.41) is 11.6. The highest BCUT2D eigenvalue weighted by atomic mass is 16.7. The fourth-order valence-corrected chi connectivity index (χ4v) is 2.16. The molecule has 1 aliphatic heterocycles. The van der Waals surface area contributed by atoms with Crippen LogP contribution in [0.15, 0.2) is 17.9 Å². The molecule has 8 nitrogen and oxygen atoms in total. The average Bonchev–Trinajstić information content (AvgIpc) is 2.72. The summed E-state index contributed by atoms with van der Waals surface area (Å²) in [6.45, 7) is 9.41. The van der Waals surface area contributed by atoms with Gasteiger partial charge in [0.25, 0.3) is 0 Å². The van der Waals surface area contributed by atoms with Crippen LogP contribution in [0.3, 0.4) is 0 Å². The smallest absolute Gasteiger partial charge is 0.475 e. The molecule has 0 aromatic carbocycles. The van der Waals surface area contributed by atoms with Gasteiger partial charge in [-0.15, -0.1) is 0 Å². The molecule has 2 N–H and O–H groups in total. The molecule has 134 valence electrons. The predicted octanol–water partition coefficient (Wildman–Crippen LogP) is 1.33. The normalized spacial score (nSPS) is 18.9. The quantitative estimate of drug-likeness (QED) is 0.773. The molecule has 0 bridgehead atoms. The van der Waals surface area contributed by atoms with Gasteiger partial charge in [-0.25, -0.2) is 14.8 Å². The van der Waals surface area contributed by atoms with Crippen LogP contribution in [0.2, 0.25) is 0 Å². The van der Waals surface area contributed by atoms with E-state index in [-0.39, 0.29) is 18.3 Å². The minimum absolute atomic E-state index is 0.181. The van der Waals surface area contributed by atoms with Gasteiger partial charge in [-0.05, 0) is 33.2 Å². The number of nitrogens with zero attached hydrogens (tertiary/aromatic N) is 2. The van der Waals surface area contributed by atoms with Gasteiger partial charge < -0.3 is 19.7 Å². The van der Waals surface area contributed by atoms with Crippen LogP contribution in [0.5, 0.6) is 0 Å². The largest absolute Gasteiger partial charge is 0.492 e. The Morgan fingerprint density at radius 3 is 2.16 bits per heavy atom. The second-order valence-corrected chi connectivity index (χ2v) is 6.86. The maximum atomic E-state index is 11.3. The monoisotopic (exact) mass is 347 g/mol. The van der Waals surface area contributed by atoms with Gasteiger partial charge in [0.05, 0.1) is 11.2 Å². The molecule has 0 spiro atoms. The van der Waals surface area contributed by atoms with Gasteiger partial charge in [-0.3, -0.25) is 4.79 Å². The van der Waals surface area contributed by atoms with E-state index in [0.29, 0.717) is 11.0 Å². The average molecular weight is 347 g/mol. The maximum Gasteiger partial charge on any atom is 0.492 e. The van der Waals surface area contributed by atoms with Crippen LogP contribution in [0, 0.1) is 0 Å². The lowest BCUT2D eigenvalue weighted by atomic mass is 9.77. The molecule has 9 heteroatoms. The lowest BCUT2D eigenvalue weighted by molar-refractivity contribution is -0.118. The summed E-state index contributed by atoms with van der Waals surface area (Å²) in [6.07, 6.45) is 4.52. The third-order valence-corrected chi connectivity index (χ3v) is 4.31. The summed E-state index contributed by atoms with van der Waals surface area (Å²) in [4.78, 5) is 29.7. The maximum absolute atomic E-state index is 11.3. The first-order valence-corrected chi connectivity index (χ1v) is 7.88. The zero-order valence-electron chi connectivity index (χ0n) is 15.0. The van der Waals surface area contributed by atoms with Gasteiger partial charge in [-0.1, -0.05) is 6.08 Å². The molecule has 1 fully saturated rings. The number of carbonyl (C=O) groups is 2. The number of hydrogen-bond donors (Lipinski definition) is 2. The van der Waals surface area contributed by atoms with Crippen molar-refractivity contribution in [1.29, 1.82) is 0 Å². The standard InChI is InChI=1S/C16H22BN3O5/c1-10(21)18-9-12(17-24-15(2,3)16(4,5)25-17)6-11-7-19-13(14(22)23)20-8-11/h6-8H,9H2,1-5H3,(H,18,21)(H,22,23). The number of hydrogen-bond acceptors (Lipinski definition) is 6. The van der Waals surface area contributed by atoms with Crippen molar-refractivity contribution in [2.75, 3.05) is 6.54 Å². The van der Waals surface area contributed by atoms with E-state index in [2.05, 4.69) is 15.3 Å². The highest BCUT2D eigenvalue weighted by Crippen LogP contribution is 2.38. The molecule has 1 aromatic heterocycles. The second-order valence-electron chi connectivity index (χ2n) is 6.86. The Balaban J connectivity index is 2.29. The van der Waals surface area contributed by atoms with E-state index < -0.39 is 24.3 Å². The first-order chi connectivity index (χ1) is 11.5. The molecule has 0 atom stereocenters. The first kappa shape index (κ1) is 19.1. The molecule has 0 radical (unpaired) electrons. The highest BCUT2D eigenvalue weighted by molar-refractivity contribution is 6.56. The number of aromatic carboxylic acids is 1. The third-order valence-electron chi connectivity index (χ3n) is 4.31. The van der Waals surface area contributed by atoms with Crippen LogP contribution < -0.4 is 5.32 Å². The Kier molecular flexibility index (Phi) is 5.29. The van der Waals surface area contributed by atoms with Gasteiger partial charge in [0.2, 0.25) is 11.7 Å². The van der Waals surface area contributed by atoms with Crippen molar-refractivity contribution < 1.29 is 24.0 Å². The van der Waals surface area contributed by atoms with Crippen molar-refractivity contribution in [1.82, 2.24) is 15.3 Å². The van der Waals surface area contributed by atoms with Crippen molar-refractivity contribution in [3.8, 4) is 0 Å². The van der Waals surface area contributed by atoms with Crippen molar-refractivity contribution in [3.63, 3.8) is 0 Å². The first-order valence-electron chi connectivity index (χ1n) is 7.88. The van der Waals surface area contributed by atoms with Crippen LogP contribution in [0.25, 0.3) is 6.08 Å². The summed E-state index contributed by atoms with van der Waals surface area (Å²) in [5.74, 6) is -1.66. The van der Waals surface area contributed by atoms with Crippen molar-refractivity contribution in [2.24, 2.45) is 0 Å². The minimum Gasteiger partial charge on any atom is -0.475 e. The highest BCUT2D eigenvalue weighted by Gasteiger charge is 2.52. The number of carboxylic acids is 1. The van der Waals surface area contributed by atoms with Gasteiger partial charge in [-0.2, -0.15) is 0 Å². The Morgan fingerprint density at radius 1 is 1.20 bits per heavy atom. The van der Waals surface area contributed by atoms with Crippen molar-refractivity contribution in [2.45, 2.75) is 45.8 Å². The fourth-order valence-electron chi connectivity index (χ4n) is 2.16. The van der Waals surface area contributed by atoms with Crippen LogP contribution in [-0.2, 0) is 14.1 Å². The Hall–Kier alpha value is -2.26. The van der Waals surface area contributed by atoms with Crippen molar-refractivity contribution >= 4 is 25.1 Å². The van der Waals surface area contributed by atoms with E-state index in [1.165, 1.54) is 19.3 Å². The Bertz CT molecular complexity index is 684. The molecule has 2 heterocycles. The summed E-state index contributed by atoms with van der Waals surface area (Å²) in [6, 6.07) is 0. The van der Waals surface area contributed by atoms with E-state index in [9.17, 15) is 9.59 Å². The third kappa shape index (κ3) is 4.43. The molecule has 2 rings (SSSR count). The van der Waals surface area contributed by atoms with E-state index in [4.69, 9.17) is 14.4 Å².